The highest BCUT2D eigenvalue weighted by molar-refractivity contribution is 6.00. The summed E-state index contributed by atoms with van der Waals surface area (Å²) in [4.78, 5) is 15.4. The molecule has 214 valence electrons. The Kier molecular flexibility index (Phi) is 7.95. The molecule has 4 nitrogen and oxygen atoms in total. The second-order valence-corrected chi connectivity index (χ2v) is 10.7. The van der Waals surface area contributed by atoms with Gasteiger partial charge in [-0.2, -0.15) is 13.2 Å². The Balaban J connectivity index is 1.67. The van der Waals surface area contributed by atoms with Crippen LogP contribution in [0.3, 0.4) is 0 Å². The maximum Gasteiger partial charge on any atom is 0.573 e. The molecule has 0 bridgehead atoms. The fraction of sp³-hybridized carbons (Fsp3) is 0.367. The maximum atomic E-state index is 13.8. The number of halogens is 6. The molecule has 0 spiro atoms. The number of rotatable bonds is 7. The number of hydrogen-bond donors (Lipinski definition) is 1. The average molecular weight is 565 g/mol. The van der Waals surface area contributed by atoms with Crippen LogP contribution >= 0.6 is 0 Å². The predicted molar refractivity (Wildman–Crippen MR) is 140 cm³/mol. The van der Waals surface area contributed by atoms with Crippen LogP contribution in [0, 0.1) is 0 Å². The molecule has 1 aliphatic rings. The summed E-state index contributed by atoms with van der Waals surface area (Å²) in [5.74, 6) is -0.437. The number of nitrogens with zero attached hydrogens (tertiary/aromatic N) is 1. The van der Waals surface area contributed by atoms with Crippen LogP contribution in [-0.4, -0.2) is 18.3 Å². The first-order valence-electron chi connectivity index (χ1n) is 12.8. The topological polar surface area (TPSA) is 41.6 Å². The van der Waals surface area contributed by atoms with Crippen LogP contribution in [-0.2, 0) is 16.5 Å². The standard InChI is InChI=1S/C30H30F6N2O2/c1-18(2)19-8-14-23(15-9-19)38-26(20-6-5-7-24(16-20)40-30(34,35)36)17-25(27(38)39)37-28(3,4)21-10-12-22(13-11-21)29(31,32)33/h5-16,18,25-26,37H,17H2,1-4H3/t25-,26-/m0/s1. The van der Waals surface area contributed by atoms with Crippen LogP contribution in [0.5, 0.6) is 5.75 Å². The summed E-state index contributed by atoms with van der Waals surface area (Å²) in [5.41, 5.74) is 0.975. The van der Waals surface area contributed by atoms with E-state index >= 15 is 0 Å². The molecular formula is C30H30F6N2O2. The first-order chi connectivity index (χ1) is 18.5. The lowest BCUT2D eigenvalue weighted by molar-refractivity contribution is -0.274. The Hall–Kier alpha value is -3.53. The molecule has 0 saturated carbocycles. The van der Waals surface area contributed by atoms with Gasteiger partial charge in [-0.1, -0.05) is 50.2 Å². The van der Waals surface area contributed by atoms with Crippen LogP contribution < -0.4 is 15.0 Å². The molecule has 3 aromatic rings. The quantitative estimate of drug-likeness (QED) is 0.295. The number of anilines is 1. The van der Waals surface area contributed by atoms with E-state index in [1.807, 2.05) is 26.0 Å². The lowest BCUT2D eigenvalue weighted by atomic mass is 9.91. The lowest BCUT2D eigenvalue weighted by Gasteiger charge is -2.30. The molecule has 10 heteroatoms. The van der Waals surface area contributed by atoms with Gasteiger partial charge in [0.2, 0.25) is 5.91 Å². The van der Waals surface area contributed by atoms with E-state index in [9.17, 15) is 31.1 Å². The molecule has 3 aromatic carbocycles. The van der Waals surface area contributed by atoms with Gasteiger partial charge >= 0.3 is 12.5 Å². The minimum atomic E-state index is -4.87. The Morgan fingerprint density at radius 3 is 2.02 bits per heavy atom. The van der Waals surface area contributed by atoms with E-state index in [0.717, 1.165) is 17.7 Å². The zero-order chi connectivity index (χ0) is 29.5. The summed E-state index contributed by atoms with van der Waals surface area (Å²) < 4.78 is 82.0. The number of amides is 1. The number of ether oxygens (including phenoxy) is 1. The largest absolute Gasteiger partial charge is 0.573 e. The fourth-order valence-corrected chi connectivity index (χ4v) is 5.00. The third kappa shape index (κ3) is 6.60. The number of benzene rings is 3. The third-order valence-electron chi connectivity index (χ3n) is 7.09. The van der Waals surface area contributed by atoms with Gasteiger partial charge in [0.05, 0.1) is 17.6 Å². The fourth-order valence-electron chi connectivity index (χ4n) is 5.00. The predicted octanol–water partition coefficient (Wildman–Crippen LogP) is 8.10. The first-order valence-corrected chi connectivity index (χ1v) is 12.8. The average Bonchev–Trinajstić information content (AvgIpc) is 3.18. The molecule has 4 rings (SSSR count). The van der Waals surface area contributed by atoms with Crippen molar-refractivity contribution in [2.45, 2.75) is 70.2 Å². The lowest BCUT2D eigenvalue weighted by Crippen LogP contribution is -2.47. The Labute approximate surface area is 228 Å². The van der Waals surface area contributed by atoms with Crippen molar-refractivity contribution in [1.82, 2.24) is 5.32 Å². The molecule has 40 heavy (non-hydrogen) atoms. The number of hydrogen-bond acceptors (Lipinski definition) is 3. The number of alkyl halides is 6. The van der Waals surface area contributed by atoms with E-state index in [1.54, 1.807) is 36.9 Å². The van der Waals surface area contributed by atoms with Gasteiger partial charge in [-0.25, -0.2) is 0 Å². The molecule has 1 N–H and O–H groups in total. The third-order valence-corrected chi connectivity index (χ3v) is 7.09. The van der Waals surface area contributed by atoms with Crippen molar-refractivity contribution in [2.24, 2.45) is 0 Å². The van der Waals surface area contributed by atoms with Crippen molar-refractivity contribution >= 4 is 11.6 Å². The van der Waals surface area contributed by atoms with E-state index < -0.39 is 41.5 Å². The molecule has 1 aliphatic heterocycles. The van der Waals surface area contributed by atoms with Crippen LogP contribution in [0.4, 0.5) is 32.0 Å². The molecule has 1 saturated heterocycles. The van der Waals surface area contributed by atoms with Gasteiger partial charge in [0, 0.05) is 11.2 Å². The Bertz CT molecular complexity index is 1330. The molecule has 0 radical (unpaired) electrons. The van der Waals surface area contributed by atoms with E-state index in [1.165, 1.54) is 30.3 Å². The number of nitrogens with one attached hydrogen (secondary N) is 1. The van der Waals surface area contributed by atoms with Crippen molar-refractivity contribution in [2.75, 3.05) is 4.90 Å². The monoisotopic (exact) mass is 564 g/mol. The summed E-state index contributed by atoms with van der Waals surface area (Å²) in [6, 6.07) is 16.3. The van der Waals surface area contributed by atoms with Crippen LogP contribution in [0.1, 0.15) is 68.3 Å². The van der Waals surface area contributed by atoms with Gasteiger partial charge in [-0.05, 0) is 79.3 Å². The molecule has 2 atom stereocenters. The van der Waals surface area contributed by atoms with Crippen molar-refractivity contribution in [3.63, 3.8) is 0 Å². The summed E-state index contributed by atoms with van der Waals surface area (Å²) in [5, 5.41) is 3.28. The zero-order valence-electron chi connectivity index (χ0n) is 22.4. The van der Waals surface area contributed by atoms with Crippen molar-refractivity contribution in [1.29, 1.82) is 0 Å². The highest BCUT2D eigenvalue weighted by Crippen LogP contribution is 2.40. The minimum absolute atomic E-state index is 0.213. The molecule has 1 amide bonds. The summed E-state index contributed by atoms with van der Waals surface area (Å²) in [6.07, 6.45) is -9.13. The van der Waals surface area contributed by atoms with Gasteiger partial charge in [-0.3, -0.25) is 10.1 Å². The smallest absolute Gasteiger partial charge is 0.406 e. The second-order valence-electron chi connectivity index (χ2n) is 10.7. The molecule has 1 fully saturated rings. The summed E-state index contributed by atoms with van der Waals surface area (Å²) in [6.45, 7) is 7.59. The van der Waals surface area contributed by atoms with E-state index in [0.29, 0.717) is 16.8 Å². The SMILES string of the molecule is CC(C)c1ccc(N2C(=O)[C@@H](NC(C)(C)c3ccc(C(F)(F)F)cc3)C[C@H]2c2cccc(OC(F)(F)F)c2)cc1. The van der Waals surface area contributed by atoms with E-state index in [-0.39, 0.29) is 18.2 Å². The van der Waals surface area contributed by atoms with Gasteiger partial charge in [0.15, 0.2) is 0 Å². The molecule has 0 aliphatic carbocycles. The zero-order valence-corrected chi connectivity index (χ0v) is 22.4. The Morgan fingerprint density at radius 1 is 0.875 bits per heavy atom. The maximum absolute atomic E-state index is 13.8. The van der Waals surface area contributed by atoms with Gasteiger partial charge in [0.1, 0.15) is 5.75 Å². The highest BCUT2D eigenvalue weighted by Gasteiger charge is 2.44. The summed E-state index contributed by atoms with van der Waals surface area (Å²) >= 11 is 0. The van der Waals surface area contributed by atoms with Crippen molar-refractivity contribution in [3.8, 4) is 5.75 Å². The van der Waals surface area contributed by atoms with Gasteiger partial charge in [-0.15, -0.1) is 13.2 Å². The summed E-state index contributed by atoms with van der Waals surface area (Å²) in [7, 11) is 0. The highest BCUT2D eigenvalue weighted by atomic mass is 19.4. The van der Waals surface area contributed by atoms with E-state index in [2.05, 4.69) is 10.1 Å². The molecule has 0 unspecified atom stereocenters. The first kappa shape index (κ1) is 29.5. The van der Waals surface area contributed by atoms with E-state index in [4.69, 9.17) is 0 Å². The van der Waals surface area contributed by atoms with Crippen LogP contribution in [0.25, 0.3) is 0 Å². The molecule has 1 heterocycles. The second kappa shape index (κ2) is 10.8. The molecular weight excluding hydrogens is 534 g/mol. The minimum Gasteiger partial charge on any atom is -0.406 e. The number of carbonyl (C=O) groups is 1. The normalized spacial score (nSPS) is 18.5. The Morgan fingerprint density at radius 2 is 1.48 bits per heavy atom. The van der Waals surface area contributed by atoms with Crippen molar-refractivity contribution < 1.29 is 35.9 Å². The molecule has 0 aromatic heterocycles. The van der Waals surface area contributed by atoms with Crippen LogP contribution in [0.2, 0.25) is 0 Å². The van der Waals surface area contributed by atoms with Crippen LogP contribution in [0.15, 0.2) is 72.8 Å². The number of carbonyl (C=O) groups excluding carboxylic acids is 1. The van der Waals surface area contributed by atoms with Crippen molar-refractivity contribution in [3.05, 3.63) is 95.1 Å². The van der Waals surface area contributed by atoms with Gasteiger partial charge in [0.25, 0.3) is 0 Å². The van der Waals surface area contributed by atoms with Gasteiger partial charge < -0.3 is 9.64 Å².